The maximum absolute atomic E-state index is 12.2. The summed E-state index contributed by atoms with van der Waals surface area (Å²) in [6.45, 7) is 5.63. The van der Waals surface area contributed by atoms with Crippen LogP contribution in [-0.2, 0) is 9.53 Å². The third-order valence-electron chi connectivity index (χ3n) is 4.22. The summed E-state index contributed by atoms with van der Waals surface area (Å²) in [7, 11) is 0. The number of nitrogens with one attached hydrogen (secondary N) is 1. The van der Waals surface area contributed by atoms with Crippen LogP contribution >= 0.6 is 0 Å². The quantitative estimate of drug-likeness (QED) is 0.679. The standard InChI is InChI=1S/C21H21NO4/c1-13(2)15-8-10-16(11-9-15)22-19(23)12-25-21(24)20-14(3)17-6-4-5-7-18(17)26-20/h4-11,13H,12H2,1-3H3,(H,22,23). The van der Waals surface area contributed by atoms with E-state index in [1.54, 1.807) is 13.0 Å². The van der Waals surface area contributed by atoms with Crippen LogP contribution in [0.25, 0.3) is 11.0 Å². The van der Waals surface area contributed by atoms with Crippen LogP contribution in [0.3, 0.4) is 0 Å². The summed E-state index contributed by atoms with van der Waals surface area (Å²) in [6.07, 6.45) is 0. The van der Waals surface area contributed by atoms with E-state index < -0.39 is 11.9 Å². The normalized spacial score (nSPS) is 10.9. The molecule has 0 unspecified atom stereocenters. The van der Waals surface area contributed by atoms with Crippen LogP contribution in [0.2, 0.25) is 0 Å². The predicted molar refractivity (Wildman–Crippen MR) is 100 cm³/mol. The van der Waals surface area contributed by atoms with Gasteiger partial charge in [-0.15, -0.1) is 0 Å². The molecule has 0 atom stereocenters. The number of hydrogen-bond donors (Lipinski definition) is 1. The van der Waals surface area contributed by atoms with Crippen LogP contribution in [0.5, 0.6) is 0 Å². The average Bonchev–Trinajstić information content (AvgIpc) is 2.97. The van der Waals surface area contributed by atoms with E-state index in [0.717, 1.165) is 5.39 Å². The van der Waals surface area contributed by atoms with E-state index in [2.05, 4.69) is 19.2 Å². The monoisotopic (exact) mass is 351 g/mol. The number of hydrogen-bond acceptors (Lipinski definition) is 4. The van der Waals surface area contributed by atoms with Gasteiger partial charge >= 0.3 is 5.97 Å². The number of esters is 1. The summed E-state index contributed by atoms with van der Waals surface area (Å²) in [5, 5.41) is 3.57. The molecular formula is C21H21NO4. The smallest absolute Gasteiger partial charge is 0.375 e. The van der Waals surface area contributed by atoms with Crippen LogP contribution in [0.4, 0.5) is 5.69 Å². The Kier molecular flexibility index (Phi) is 5.07. The topological polar surface area (TPSA) is 68.5 Å². The first kappa shape index (κ1) is 17.7. The van der Waals surface area contributed by atoms with E-state index in [1.165, 1.54) is 5.56 Å². The van der Waals surface area contributed by atoms with Gasteiger partial charge in [-0.05, 0) is 36.6 Å². The number of amides is 1. The van der Waals surface area contributed by atoms with Crippen molar-refractivity contribution in [3.63, 3.8) is 0 Å². The number of carbonyl (C=O) groups excluding carboxylic acids is 2. The Bertz CT molecular complexity index is 938. The molecule has 2 aromatic carbocycles. The Morgan fingerprint density at radius 3 is 2.42 bits per heavy atom. The second-order valence-corrected chi connectivity index (χ2v) is 6.45. The molecule has 0 saturated carbocycles. The lowest BCUT2D eigenvalue weighted by molar-refractivity contribution is -0.119. The van der Waals surface area contributed by atoms with Gasteiger partial charge in [0, 0.05) is 16.6 Å². The van der Waals surface area contributed by atoms with Crippen molar-refractivity contribution in [2.75, 3.05) is 11.9 Å². The average molecular weight is 351 g/mol. The molecule has 1 heterocycles. The molecule has 134 valence electrons. The number of fused-ring (bicyclic) bond motifs is 1. The maximum atomic E-state index is 12.2. The van der Waals surface area contributed by atoms with Crippen molar-refractivity contribution in [3.05, 3.63) is 65.4 Å². The van der Waals surface area contributed by atoms with Crippen LogP contribution in [0, 0.1) is 6.92 Å². The molecular weight excluding hydrogens is 330 g/mol. The predicted octanol–water partition coefficient (Wildman–Crippen LogP) is 4.66. The van der Waals surface area contributed by atoms with E-state index >= 15 is 0 Å². The molecule has 3 rings (SSSR count). The van der Waals surface area contributed by atoms with Gasteiger partial charge in [-0.1, -0.05) is 44.2 Å². The zero-order chi connectivity index (χ0) is 18.7. The third-order valence-corrected chi connectivity index (χ3v) is 4.22. The van der Waals surface area contributed by atoms with Gasteiger partial charge in [-0.25, -0.2) is 4.79 Å². The molecule has 0 aliphatic heterocycles. The minimum absolute atomic E-state index is 0.125. The highest BCUT2D eigenvalue weighted by Gasteiger charge is 2.19. The minimum atomic E-state index is -0.649. The fraction of sp³-hybridized carbons (Fsp3) is 0.238. The lowest BCUT2D eigenvalue weighted by atomic mass is 10.0. The summed E-state index contributed by atoms with van der Waals surface area (Å²) in [6, 6.07) is 15.0. The third kappa shape index (κ3) is 3.77. The lowest BCUT2D eigenvalue weighted by Crippen LogP contribution is -2.21. The van der Waals surface area contributed by atoms with E-state index in [1.807, 2.05) is 42.5 Å². The van der Waals surface area contributed by atoms with Crippen molar-refractivity contribution < 1.29 is 18.7 Å². The first-order chi connectivity index (χ1) is 12.5. The molecule has 0 saturated heterocycles. The van der Waals surface area contributed by atoms with Gasteiger partial charge in [-0.2, -0.15) is 0 Å². The molecule has 0 aliphatic rings. The zero-order valence-corrected chi connectivity index (χ0v) is 15.0. The molecule has 5 heteroatoms. The highest BCUT2D eigenvalue weighted by Crippen LogP contribution is 2.25. The van der Waals surface area contributed by atoms with Gasteiger partial charge in [0.1, 0.15) is 5.58 Å². The first-order valence-electron chi connectivity index (χ1n) is 8.50. The molecule has 0 aliphatic carbocycles. The zero-order valence-electron chi connectivity index (χ0n) is 15.0. The molecule has 5 nitrogen and oxygen atoms in total. The lowest BCUT2D eigenvalue weighted by Gasteiger charge is -2.08. The van der Waals surface area contributed by atoms with E-state index in [9.17, 15) is 9.59 Å². The molecule has 0 spiro atoms. The summed E-state index contributed by atoms with van der Waals surface area (Å²) in [5.74, 6) is -0.499. The first-order valence-corrected chi connectivity index (χ1v) is 8.50. The van der Waals surface area contributed by atoms with Crippen molar-refractivity contribution in [3.8, 4) is 0 Å². The molecule has 26 heavy (non-hydrogen) atoms. The van der Waals surface area contributed by atoms with E-state index in [-0.39, 0.29) is 12.4 Å². The molecule has 0 radical (unpaired) electrons. The maximum Gasteiger partial charge on any atom is 0.375 e. The SMILES string of the molecule is Cc1c(C(=O)OCC(=O)Nc2ccc(C(C)C)cc2)oc2ccccc12. The number of anilines is 1. The Morgan fingerprint density at radius 1 is 1.08 bits per heavy atom. The number of benzene rings is 2. The van der Waals surface area contributed by atoms with Gasteiger partial charge in [0.2, 0.25) is 5.76 Å². The fourth-order valence-electron chi connectivity index (χ4n) is 2.71. The molecule has 1 N–H and O–H groups in total. The summed E-state index contributed by atoms with van der Waals surface area (Å²) in [4.78, 5) is 24.2. The molecule has 1 amide bonds. The van der Waals surface area contributed by atoms with Crippen LogP contribution in [-0.4, -0.2) is 18.5 Å². The van der Waals surface area contributed by atoms with Crippen molar-refractivity contribution in [1.29, 1.82) is 0 Å². The molecule has 1 aromatic heterocycles. The van der Waals surface area contributed by atoms with Crippen molar-refractivity contribution in [1.82, 2.24) is 0 Å². The number of aryl methyl sites for hydroxylation is 1. The van der Waals surface area contributed by atoms with Crippen molar-refractivity contribution >= 4 is 28.5 Å². The van der Waals surface area contributed by atoms with Gasteiger partial charge in [0.05, 0.1) is 0 Å². The number of rotatable bonds is 5. The summed E-state index contributed by atoms with van der Waals surface area (Å²) < 4.78 is 10.6. The van der Waals surface area contributed by atoms with E-state index in [4.69, 9.17) is 9.15 Å². The summed E-state index contributed by atoms with van der Waals surface area (Å²) >= 11 is 0. The molecule has 0 fully saturated rings. The largest absolute Gasteiger partial charge is 0.450 e. The van der Waals surface area contributed by atoms with Gasteiger partial charge in [0.25, 0.3) is 5.91 Å². The van der Waals surface area contributed by atoms with E-state index in [0.29, 0.717) is 22.8 Å². The number of furan rings is 1. The minimum Gasteiger partial charge on any atom is -0.450 e. The Labute approximate surface area is 152 Å². The van der Waals surface area contributed by atoms with Crippen LogP contribution in [0.1, 0.15) is 41.4 Å². The van der Waals surface area contributed by atoms with Crippen LogP contribution in [0.15, 0.2) is 52.9 Å². The fourth-order valence-corrected chi connectivity index (χ4v) is 2.71. The van der Waals surface area contributed by atoms with Crippen LogP contribution < -0.4 is 5.32 Å². The van der Waals surface area contributed by atoms with Gasteiger partial charge in [-0.3, -0.25) is 4.79 Å². The number of para-hydroxylation sites is 1. The highest BCUT2D eigenvalue weighted by molar-refractivity contribution is 5.98. The number of carbonyl (C=O) groups is 2. The second-order valence-electron chi connectivity index (χ2n) is 6.45. The van der Waals surface area contributed by atoms with Crippen molar-refractivity contribution in [2.45, 2.75) is 26.7 Å². The number of ether oxygens (including phenoxy) is 1. The molecule has 3 aromatic rings. The Morgan fingerprint density at radius 2 is 1.77 bits per heavy atom. The van der Waals surface area contributed by atoms with Gasteiger partial charge < -0.3 is 14.5 Å². The second kappa shape index (κ2) is 7.44. The highest BCUT2D eigenvalue weighted by atomic mass is 16.5. The summed E-state index contributed by atoms with van der Waals surface area (Å²) in [5.41, 5.74) is 3.17. The Hall–Kier alpha value is -3.08. The van der Waals surface area contributed by atoms with Gasteiger partial charge in [0.15, 0.2) is 6.61 Å². The Balaban J connectivity index is 1.60. The molecule has 0 bridgehead atoms. The van der Waals surface area contributed by atoms with Crippen molar-refractivity contribution in [2.24, 2.45) is 0 Å².